The third kappa shape index (κ3) is 5.01. The highest BCUT2D eigenvalue weighted by Crippen LogP contribution is 2.32. The average molecular weight is 491 g/mol. The van der Waals surface area contributed by atoms with Crippen LogP contribution in [0.15, 0.2) is 47.4 Å². The summed E-state index contributed by atoms with van der Waals surface area (Å²) in [5.74, 6) is -0.471. The number of carbonyl (C=O) groups excluding carboxylic acids is 1. The lowest BCUT2D eigenvalue weighted by atomic mass is 10.0. The number of anilines is 1. The van der Waals surface area contributed by atoms with Crippen molar-refractivity contribution in [1.82, 2.24) is 14.5 Å². The predicted molar refractivity (Wildman–Crippen MR) is 126 cm³/mol. The second kappa shape index (κ2) is 9.27. The number of rotatable bonds is 5. The van der Waals surface area contributed by atoms with Crippen molar-refractivity contribution in [2.24, 2.45) is 0 Å². The Morgan fingerprint density at radius 1 is 1.16 bits per heavy atom. The summed E-state index contributed by atoms with van der Waals surface area (Å²) in [6.45, 7) is 4.57. The molecule has 1 saturated heterocycles. The molecule has 32 heavy (non-hydrogen) atoms. The topological polar surface area (TPSA) is 92.3 Å². The van der Waals surface area contributed by atoms with Crippen LogP contribution in [0.5, 0.6) is 0 Å². The fourth-order valence-electron chi connectivity index (χ4n) is 3.84. The molecule has 1 aliphatic rings. The molecule has 0 radical (unpaired) electrons. The molecule has 10 heteroatoms. The van der Waals surface area contributed by atoms with Gasteiger partial charge in [-0.25, -0.2) is 8.42 Å². The zero-order valence-electron chi connectivity index (χ0n) is 17.7. The van der Waals surface area contributed by atoms with E-state index < -0.39 is 10.0 Å². The van der Waals surface area contributed by atoms with Crippen LogP contribution in [-0.2, 0) is 10.0 Å². The third-order valence-corrected chi connectivity index (χ3v) is 8.45. The van der Waals surface area contributed by atoms with Gasteiger partial charge in [0.05, 0.1) is 4.90 Å². The number of amides is 1. The van der Waals surface area contributed by atoms with Crippen molar-refractivity contribution >= 4 is 44.6 Å². The van der Waals surface area contributed by atoms with Crippen molar-refractivity contribution in [2.45, 2.75) is 37.5 Å². The van der Waals surface area contributed by atoms with Gasteiger partial charge in [-0.2, -0.15) is 4.31 Å². The number of benzene rings is 2. The van der Waals surface area contributed by atoms with Crippen LogP contribution < -0.4 is 5.32 Å². The Hall–Kier alpha value is -2.33. The number of piperidine rings is 1. The number of aromatic nitrogens is 2. The monoisotopic (exact) mass is 490 g/mol. The first-order chi connectivity index (χ1) is 15.2. The largest absolute Gasteiger partial charge is 0.320 e. The summed E-state index contributed by atoms with van der Waals surface area (Å²) in [5, 5.41) is 12.4. The molecule has 2 heterocycles. The Bertz CT molecular complexity index is 1240. The fraction of sp³-hybridized carbons (Fsp3) is 0.318. The summed E-state index contributed by atoms with van der Waals surface area (Å²) < 4.78 is 28.0. The summed E-state index contributed by atoms with van der Waals surface area (Å²) in [7, 11) is -3.60. The lowest BCUT2D eigenvalue weighted by Gasteiger charge is -2.30. The number of halogens is 1. The zero-order chi connectivity index (χ0) is 22.9. The first kappa shape index (κ1) is 22.8. The molecule has 1 aromatic heterocycles. The number of aryl methyl sites for hydroxylation is 2. The molecular formula is C22H23ClN4O3S2. The van der Waals surface area contributed by atoms with Gasteiger partial charge in [0.25, 0.3) is 5.91 Å². The maximum absolute atomic E-state index is 13.2. The molecule has 0 saturated carbocycles. The molecule has 1 atom stereocenters. The van der Waals surface area contributed by atoms with E-state index in [1.54, 1.807) is 36.4 Å². The number of hydrogen-bond acceptors (Lipinski definition) is 6. The molecular weight excluding hydrogens is 468 g/mol. The van der Waals surface area contributed by atoms with E-state index in [0.29, 0.717) is 33.7 Å². The van der Waals surface area contributed by atoms with Gasteiger partial charge in [0.15, 0.2) is 0 Å². The van der Waals surface area contributed by atoms with Crippen molar-refractivity contribution < 1.29 is 13.2 Å². The van der Waals surface area contributed by atoms with Crippen LogP contribution in [-0.4, -0.2) is 41.9 Å². The molecule has 168 valence electrons. The Morgan fingerprint density at radius 3 is 2.62 bits per heavy atom. The van der Waals surface area contributed by atoms with E-state index in [4.69, 9.17) is 11.6 Å². The predicted octanol–water partition coefficient (Wildman–Crippen LogP) is 4.63. The minimum atomic E-state index is -3.60. The first-order valence-corrected chi connectivity index (χ1v) is 12.8. The molecule has 3 aromatic rings. The molecule has 0 spiro atoms. The van der Waals surface area contributed by atoms with Crippen LogP contribution in [0, 0.1) is 13.8 Å². The van der Waals surface area contributed by atoms with Crippen LogP contribution >= 0.6 is 22.9 Å². The average Bonchev–Trinajstić information content (AvgIpc) is 3.24. The molecule has 0 bridgehead atoms. The summed E-state index contributed by atoms with van der Waals surface area (Å²) in [6.07, 6.45) is 1.52. The standard InChI is InChI=1S/C22H23ClN4O3S2/c1-14-9-15(2)11-19(10-14)32(29,30)27-8-4-5-16(13-27)21-25-26-22(31-21)20(28)24-18-7-3-6-17(23)12-18/h3,6-7,9-12,16H,4-5,8,13H2,1-2H3,(H,24,28)/t16-/m0/s1. The quantitative estimate of drug-likeness (QED) is 0.563. The van der Waals surface area contributed by atoms with Crippen LogP contribution in [0.25, 0.3) is 0 Å². The van der Waals surface area contributed by atoms with Crippen LogP contribution in [0.1, 0.15) is 44.7 Å². The van der Waals surface area contributed by atoms with Gasteiger partial charge < -0.3 is 5.32 Å². The smallest absolute Gasteiger partial charge is 0.286 e. The number of carbonyl (C=O) groups is 1. The number of nitrogens with zero attached hydrogens (tertiary/aromatic N) is 3. The van der Waals surface area contributed by atoms with E-state index in [9.17, 15) is 13.2 Å². The number of hydrogen-bond donors (Lipinski definition) is 1. The maximum Gasteiger partial charge on any atom is 0.286 e. The Morgan fingerprint density at radius 2 is 1.91 bits per heavy atom. The summed E-state index contributed by atoms with van der Waals surface area (Å²) in [6, 6.07) is 12.2. The van der Waals surface area contributed by atoms with Crippen LogP contribution in [0.3, 0.4) is 0 Å². The van der Waals surface area contributed by atoms with Crippen molar-refractivity contribution in [3.8, 4) is 0 Å². The van der Waals surface area contributed by atoms with E-state index in [1.165, 1.54) is 15.6 Å². The second-order valence-corrected chi connectivity index (χ2v) is 11.3. The Labute approximate surface area is 196 Å². The van der Waals surface area contributed by atoms with E-state index in [-0.39, 0.29) is 16.8 Å². The zero-order valence-corrected chi connectivity index (χ0v) is 20.1. The minimum absolute atomic E-state index is 0.102. The highest BCUT2D eigenvalue weighted by molar-refractivity contribution is 7.89. The van der Waals surface area contributed by atoms with Gasteiger partial charge in [0.2, 0.25) is 15.0 Å². The minimum Gasteiger partial charge on any atom is -0.320 e. The van der Waals surface area contributed by atoms with Gasteiger partial charge in [-0.15, -0.1) is 10.2 Å². The molecule has 0 aliphatic carbocycles. The van der Waals surface area contributed by atoms with Crippen LogP contribution in [0.4, 0.5) is 5.69 Å². The first-order valence-electron chi connectivity index (χ1n) is 10.2. The van der Waals surface area contributed by atoms with Gasteiger partial charge in [-0.05, 0) is 68.1 Å². The van der Waals surface area contributed by atoms with Crippen molar-refractivity contribution in [2.75, 3.05) is 18.4 Å². The highest BCUT2D eigenvalue weighted by atomic mass is 35.5. The van der Waals surface area contributed by atoms with E-state index in [1.807, 2.05) is 19.9 Å². The third-order valence-electron chi connectivity index (χ3n) is 5.28. The van der Waals surface area contributed by atoms with Gasteiger partial charge in [0.1, 0.15) is 5.01 Å². The fourth-order valence-corrected chi connectivity index (χ4v) is 6.60. The number of sulfonamides is 1. The molecule has 1 fully saturated rings. The van der Waals surface area contributed by atoms with Gasteiger partial charge >= 0.3 is 0 Å². The van der Waals surface area contributed by atoms with Crippen LogP contribution in [0.2, 0.25) is 5.02 Å². The normalized spacial score (nSPS) is 17.3. The van der Waals surface area contributed by atoms with Gasteiger partial charge in [-0.3, -0.25) is 4.79 Å². The number of nitrogens with one attached hydrogen (secondary N) is 1. The molecule has 7 nitrogen and oxygen atoms in total. The Kier molecular flexibility index (Phi) is 6.62. The molecule has 4 rings (SSSR count). The van der Waals surface area contributed by atoms with E-state index in [0.717, 1.165) is 24.0 Å². The Balaban J connectivity index is 1.49. The molecule has 2 aromatic carbocycles. The summed E-state index contributed by atoms with van der Waals surface area (Å²) in [5.41, 5.74) is 2.40. The van der Waals surface area contributed by atoms with Gasteiger partial charge in [0, 0.05) is 29.7 Å². The molecule has 0 unspecified atom stereocenters. The SMILES string of the molecule is Cc1cc(C)cc(S(=O)(=O)N2CCC[C@H](c3nnc(C(=O)Nc4cccc(Cl)c4)s3)C2)c1. The van der Waals surface area contributed by atoms with E-state index in [2.05, 4.69) is 15.5 Å². The van der Waals surface area contributed by atoms with E-state index >= 15 is 0 Å². The maximum atomic E-state index is 13.2. The van der Waals surface area contributed by atoms with Crippen molar-refractivity contribution in [1.29, 1.82) is 0 Å². The molecule has 1 amide bonds. The van der Waals surface area contributed by atoms with Gasteiger partial charge in [-0.1, -0.05) is 35.1 Å². The summed E-state index contributed by atoms with van der Waals surface area (Å²) >= 11 is 7.16. The summed E-state index contributed by atoms with van der Waals surface area (Å²) in [4.78, 5) is 12.9. The lowest BCUT2D eigenvalue weighted by molar-refractivity contribution is 0.102. The van der Waals surface area contributed by atoms with Crippen molar-refractivity contribution in [3.63, 3.8) is 0 Å². The van der Waals surface area contributed by atoms with Crippen molar-refractivity contribution in [3.05, 3.63) is 68.6 Å². The molecule has 1 aliphatic heterocycles. The lowest BCUT2D eigenvalue weighted by Crippen LogP contribution is -2.39. The molecule has 1 N–H and O–H groups in total. The highest BCUT2D eigenvalue weighted by Gasteiger charge is 2.33. The second-order valence-electron chi connectivity index (χ2n) is 7.94.